The zero-order valence-electron chi connectivity index (χ0n) is 77.6. The summed E-state index contributed by atoms with van der Waals surface area (Å²) in [4.78, 5) is 0. The highest BCUT2D eigenvalue weighted by molar-refractivity contribution is 5.34. The fourth-order valence-electron chi connectivity index (χ4n) is 12.9. The summed E-state index contributed by atoms with van der Waals surface area (Å²) in [7, 11) is 1.69. The van der Waals surface area contributed by atoms with Crippen LogP contribution in [0.2, 0.25) is 0 Å². The van der Waals surface area contributed by atoms with Gasteiger partial charge in [-0.15, -0.1) is 0 Å². The van der Waals surface area contributed by atoms with Crippen molar-refractivity contribution in [3.8, 4) is 46.0 Å². The molecule has 10 aromatic rings. The van der Waals surface area contributed by atoms with E-state index < -0.39 is 0 Å². The average molecular weight is 1910 g/mol. The number of hydrogen-bond donors (Lipinski definition) is 3. The van der Waals surface area contributed by atoms with Crippen molar-refractivity contribution >= 4 is 0 Å². The normalized spacial score (nSPS) is 12.5. The van der Waals surface area contributed by atoms with Gasteiger partial charge in [-0.3, -0.25) is 0 Å². The van der Waals surface area contributed by atoms with Crippen molar-refractivity contribution in [3.63, 3.8) is 0 Å². The Morgan fingerprint density at radius 1 is 0.241 bits per heavy atom. The summed E-state index contributed by atoms with van der Waals surface area (Å²) in [6.07, 6.45) is 16.7. The molecule has 788 valence electrons. The molecule has 137 heavy (non-hydrogen) atoms. The summed E-state index contributed by atoms with van der Waals surface area (Å²) in [6.45, 7) is 43.5. The lowest BCUT2D eigenvalue weighted by atomic mass is 9.87. The number of rotatable bonds is 35. The number of phenolic OH excluding ortho intramolecular Hbond substituents is 3. The molecule has 3 N–H and O–H groups in total. The maximum absolute atomic E-state index is 9.01. The van der Waals surface area contributed by atoms with Crippen LogP contribution in [0.25, 0.3) is 0 Å². The van der Waals surface area contributed by atoms with E-state index in [9.17, 15) is 0 Å². The van der Waals surface area contributed by atoms with Crippen LogP contribution in [-0.4, -0.2) is 61.1 Å². The van der Waals surface area contributed by atoms with Gasteiger partial charge in [0.25, 0.3) is 0 Å². The van der Waals surface area contributed by atoms with Crippen LogP contribution in [0.1, 0.15) is 438 Å². The van der Waals surface area contributed by atoms with E-state index in [2.05, 4.69) is 202 Å². The molecule has 11 atom stereocenters. The molecule has 11 heteroatoms. The van der Waals surface area contributed by atoms with Crippen LogP contribution in [0, 0.1) is 5.92 Å². The van der Waals surface area contributed by atoms with Crippen molar-refractivity contribution in [3.05, 3.63) is 311 Å². The van der Waals surface area contributed by atoms with Crippen LogP contribution in [0.5, 0.6) is 46.0 Å². The number of methoxy groups -OCH3 is 1. The highest BCUT2D eigenvalue weighted by atomic mass is 16.7. The summed E-state index contributed by atoms with van der Waals surface area (Å²) in [5.41, 5.74) is 11.9. The Bertz CT molecular complexity index is 3980. The summed E-state index contributed by atoms with van der Waals surface area (Å²) in [5, 5.41) is 27.0. The first-order valence-corrected chi connectivity index (χ1v) is 45.3. The van der Waals surface area contributed by atoms with Gasteiger partial charge < -0.3 is 53.2 Å². The van der Waals surface area contributed by atoms with Gasteiger partial charge in [0.05, 0.1) is 26.9 Å². The molecule has 1 aliphatic rings. The maximum Gasteiger partial charge on any atom is 0.197 e. The number of aromatic hydroxyl groups is 3. The minimum atomic E-state index is -0.302. The number of ether oxygens (including phenoxy) is 8. The summed E-state index contributed by atoms with van der Waals surface area (Å²) < 4.78 is 45.2. The topological polar surface area (TPSA) is 135 Å². The number of hydrogen-bond acceptors (Lipinski definition) is 11. The highest BCUT2D eigenvalue weighted by Crippen LogP contribution is 2.31. The third-order valence-corrected chi connectivity index (χ3v) is 23.0. The number of benzene rings is 10. The van der Waals surface area contributed by atoms with Gasteiger partial charge >= 0.3 is 0 Å². The van der Waals surface area contributed by atoms with E-state index in [1.54, 1.807) is 43.5 Å². The molecule has 0 heterocycles. The van der Waals surface area contributed by atoms with Gasteiger partial charge in [-0.25, -0.2) is 0 Å². The highest BCUT2D eigenvalue weighted by Gasteiger charge is 2.16. The molecule has 0 amide bonds. The quantitative estimate of drug-likeness (QED) is 0.0259. The van der Waals surface area contributed by atoms with E-state index in [0.29, 0.717) is 84.4 Å². The van der Waals surface area contributed by atoms with Crippen molar-refractivity contribution < 1.29 is 53.2 Å². The molecule has 10 aromatic carbocycles. The van der Waals surface area contributed by atoms with Gasteiger partial charge in [0.15, 0.2) is 18.9 Å². The van der Waals surface area contributed by atoms with Crippen LogP contribution < -0.4 is 23.7 Å². The van der Waals surface area contributed by atoms with Crippen LogP contribution >= 0.6 is 0 Å². The SMILES string of the molecule is C.C.C.C.C.C.C.C.C.C.C.C.C.C.C.C.CCC(C)c1ccc(O)cc1.CCC(C)c1ccc(O)cc1.CCC(C)c1ccc(O)cc1.CCC(C)c1ccc(OC(C)OCCC2CCCCC2)cc1.CCC(C)c1ccc(OC(C)OCCOc2ccccc2)cc1.CCC(C)c1ccc(OC(C)OCc2ccccc2)cc1.CCC(C)c1ccc(OC)cc1.CCC(C)c1ccccc1. The average Bonchev–Trinajstić information content (AvgIpc) is 0.903. The zero-order chi connectivity index (χ0) is 88.5. The Hall–Kier alpha value is -9.52. The molecule has 1 fully saturated rings. The molecular weight excluding hydrogens is 1690 g/mol. The van der Waals surface area contributed by atoms with Crippen molar-refractivity contribution in [1.82, 2.24) is 0 Å². The molecule has 1 saturated carbocycles. The minimum absolute atomic E-state index is 0. The first kappa shape index (κ1) is 156. The number of phenols is 3. The Kier molecular flexibility index (Phi) is 105. The van der Waals surface area contributed by atoms with Gasteiger partial charge in [-0.2, -0.15) is 0 Å². The van der Waals surface area contributed by atoms with E-state index in [1.165, 1.54) is 102 Å². The molecule has 0 bridgehead atoms. The predicted molar refractivity (Wildman–Crippen MR) is 617 cm³/mol. The molecule has 0 spiro atoms. The van der Waals surface area contributed by atoms with Gasteiger partial charge in [-0.05, 0) is 279 Å². The van der Waals surface area contributed by atoms with Gasteiger partial charge in [-0.1, -0.05) is 426 Å². The van der Waals surface area contributed by atoms with E-state index >= 15 is 0 Å². The molecule has 1 aliphatic carbocycles. The third kappa shape index (κ3) is 65.9. The summed E-state index contributed by atoms with van der Waals surface area (Å²) in [5.74, 6) is 11.2. The lowest BCUT2D eigenvalue weighted by Gasteiger charge is -2.22. The van der Waals surface area contributed by atoms with E-state index in [-0.39, 0.29) is 138 Å². The van der Waals surface area contributed by atoms with Crippen molar-refractivity contribution in [1.29, 1.82) is 0 Å². The standard InChI is InChI=1S/C20H26O3.C20H32O2.C19H24O2.C11H16O.3C10H14O.C10H14.16CH4/c1-4-16(2)18-10-12-20(13-11-18)23-17(3)21-14-15-22-19-8-6-5-7-9-19;1-4-16(2)19-10-12-20(13-11-19)22-17(3)21-15-14-18-8-6-5-7-9-18;1-4-15(2)18-10-12-19(13-11-18)21-16(3)20-14-17-8-6-5-7-9-17;1-4-9(2)10-5-7-11(12-3)8-6-10;3*1-3-8(2)9-4-6-10(11)7-5-9;1-3-9(2)10-7-5-4-6-8-10;;;;;;;;;;;;;;;;/h5-13,16-17H,4,14-15H2,1-3H3;10-13,16-18H,4-9,14-15H2,1-3H3;5-13,15-16H,4,14H2,1-3H3;5-9H,4H2,1-3H3;3*4-8,11H,3H2,1-2H3;4-9H,3H2,1-2H3;16*1H4. The predicted octanol–water partition coefficient (Wildman–Crippen LogP) is 41.4. The molecule has 0 saturated heterocycles. The Morgan fingerprint density at radius 3 is 0.730 bits per heavy atom. The van der Waals surface area contributed by atoms with Gasteiger partial charge in [0.1, 0.15) is 52.6 Å². The lowest BCUT2D eigenvalue weighted by molar-refractivity contribution is -0.0759. The Balaban J connectivity index is -0.000000117. The number of para-hydroxylation sites is 1. The van der Waals surface area contributed by atoms with Crippen LogP contribution in [0.4, 0.5) is 0 Å². The van der Waals surface area contributed by atoms with Gasteiger partial charge in [0.2, 0.25) is 0 Å². The Labute approximate surface area is 850 Å². The van der Waals surface area contributed by atoms with E-state index in [4.69, 9.17) is 53.2 Å². The molecular formula is C126H218O11. The Morgan fingerprint density at radius 2 is 0.467 bits per heavy atom. The van der Waals surface area contributed by atoms with Gasteiger partial charge in [0, 0.05) is 0 Å². The second kappa shape index (κ2) is 92.8. The van der Waals surface area contributed by atoms with Crippen LogP contribution in [-0.2, 0) is 20.8 Å². The molecule has 0 aliphatic heterocycles. The second-order valence-corrected chi connectivity index (χ2v) is 32.2. The minimum Gasteiger partial charge on any atom is -0.508 e. The van der Waals surface area contributed by atoms with Crippen LogP contribution in [0.3, 0.4) is 0 Å². The first-order valence-electron chi connectivity index (χ1n) is 45.3. The van der Waals surface area contributed by atoms with Crippen molar-refractivity contribution in [2.24, 2.45) is 5.92 Å². The smallest absolute Gasteiger partial charge is 0.197 e. The van der Waals surface area contributed by atoms with E-state index in [1.807, 2.05) is 154 Å². The second-order valence-electron chi connectivity index (χ2n) is 32.2. The summed E-state index contributed by atoms with van der Waals surface area (Å²) >= 11 is 0. The molecule has 11 nitrogen and oxygen atoms in total. The maximum atomic E-state index is 9.01. The zero-order valence-corrected chi connectivity index (χ0v) is 77.6. The van der Waals surface area contributed by atoms with E-state index in [0.717, 1.165) is 78.9 Å². The fraction of sp³-hybridized carbons (Fsp3) is 0.524. The van der Waals surface area contributed by atoms with Crippen molar-refractivity contribution in [2.75, 3.05) is 26.9 Å². The molecule has 11 rings (SSSR count). The molecule has 0 aromatic heterocycles. The largest absolute Gasteiger partial charge is 0.508 e. The third-order valence-electron chi connectivity index (χ3n) is 23.0. The molecule has 11 unspecified atom stereocenters. The van der Waals surface area contributed by atoms with Crippen molar-refractivity contribution in [2.45, 2.75) is 413 Å². The lowest BCUT2D eigenvalue weighted by Crippen LogP contribution is -2.19. The summed E-state index contributed by atoms with van der Waals surface area (Å²) in [6, 6.07) is 86.0. The fourth-order valence-corrected chi connectivity index (χ4v) is 12.9. The monoisotopic (exact) mass is 1910 g/mol. The van der Waals surface area contributed by atoms with Crippen LogP contribution in [0.15, 0.2) is 261 Å². The first-order chi connectivity index (χ1) is 58.4. The molecule has 0 radical (unpaired) electrons.